The van der Waals surface area contributed by atoms with Crippen molar-refractivity contribution >= 4 is 72.6 Å². The third kappa shape index (κ3) is 28.6. The van der Waals surface area contributed by atoms with Gasteiger partial charge in [0, 0.05) is 117 Å². The average Bonchev–Trinajstić information content (AvgIpc) is 1.68. The van der Waals surface area contributed by atoms with Crippen molar-refractivity contribution in [3.8, 4) is 0 Å². The summed E-state index contributed by atoms with van der Waals surface area (Å²) in [7, 11) is 2.64. The SMILES string of the molecule is C.C=CC(=O)OC.CC(C)(C)OC(=O)N1CCN2C(=O)N(CCC(=O)O)C[C@@H]2C1.CC(C)(C)OC(=O)N1CCN2C(=O)NC[C@@H]2C1.COC(=O)CCN1C[C@@H]2CN(C(=O)OC(C)(C)C)CCN2C1=O.O=C(O)CCN1C[C@@H]2CCCCN2C1=O.O=CC(F)(F)F.[Li+].[OH-]. The number of esters is 2. The number of nitrogens with one attached hydrogen (secondary N) is 1. The first-order chi connectivity index (χ1) is 41.3. The van der Waals surface area contributed by atoms with Gasteiger partial charge in [0.05, 0.1) is 57.6 Å². The molecule has 8 rings (SSSR count). The topological polar surface area (TPSA) is 366 Å². The van der Waals surface area contributed by atoms with Crippen LogP contribution in [-0.4, -0.2) is 310 Å². The van der Waals surface area contributed by atoms with Crippen LogP contribution in [0.2, 0.25) is 0 Å². The van der Waals surface area contributed by atoms with Crippen molar-refractivity contribution in [1.82, 2.24) is 54.3 Å². The van der Waals surface area contributed by atoms with Gasteiger partial charge < -0.3 is 93.7 Å². The van der Waals surface area contributed by atoms with Gasteiger partial charge in [-0.05, 0) is 81.6 Å². The Hall–Kier alpha value is -7.47. The Labute approximate surface area is 547 Å². The van der Waals surface area contributed by atoms with Crippen LogP contribution < -0.4 is 24.2 Å². The molecule has 0 unspecified atom stereocenters. The summed E-state index contributed by atoms with van der Waals surface area (Å²) in [6, 6.07) is 0.0467. The average molecular weight is 1320 g/mol. The second-order valence-corrected chi connectivity index (χ2v) is 24.5. The van der Waals surface area contributed by atoms with Crippen molar-refractivity contribution in [2.45, 2.75) is 155 Å². The molecule has 0 saturated carbocycles. The van der Waals surface area contributed by atoms with E-state index in [1.54, 1.807) is 39.2 Å². The summed E-state index contributed by atoms with van der Waals surface area (Å²) in [5, 5.41) is 20.1. The molecule has 520 valence electrons. The number of amides is 11. The first-order valence-electron chi connectivity index (χ1n) is 29.2. The number of aldehydes is 1. The molecular weight excluding hydrogens is 1220 g/mol. The van der Waals surface area contributed by atoms with E-state index in [2.05, 4.69) is 21.4 Å². The summed E-state index contributed by atoms with van der Waals surface area (Å²) in [4.78, 5) is 152. The summed E-state index contributed by atoms with van der Waals surface area (Å²) in [6.07, 6.45) is -2.12. The maximum Gasteiger partial charge on any atom is 1.00 e. The monoisotopic (exact) mass is 1320 g/mol. The van der Waals surface area contributed by atoms with Crippen molar-refractivity contribution in [3.63, 3.8) is 0 Å². The molecule has 0 radical (unpaired) electrons. The number of ether oxygens (including phenoxy) is 5. The molecule has 11 amide bonds. The van der Waals surface area contributed by atoms with Gasteiger partial charge in [0.15, 0.2) is 0 Å². The molecule has 0 bridgehead atoms. The van der Waals surface area contributed by atoms with Crippen LogP contribution in [0.15, 0.2) is 12.7 Å². The van der Waals surface area contributed by atoms with E-state index in [4.69, 9.17) is 29.2 Å². The summed E-state index contributed by atoms with van der Waals surface area (Å²) in [5.41, 5.74) is -1.56. The number of halogens is 3. The number of piperazine rings is 3. The fourth-order valence-corrected chi connectivity index (χ4v) is 10.0. The van der Waals surface area contributed by atoms with Crippen LogP contribution in [0.5, 0.6) is 0 Å². The fraction of sp³-hybridized carbons (Fsp3) is 0.754. The Bertz CT molecular complexity index is 2520. The molecule has 0 aromatic heterocycles. The van der Waals surface area contributed by atoms with Crippen LogP contribution in [0.1, 0.15) is 108 Å². The Balaban J connectivity index is 0.00000113. The van der Waals surface area contributed by atoms with Crippen LogP contribution >= 0.6 is 0 Å². The van der Waals surface area contributed by atoms with Gasteiger partial charge in [-0.15, -0.1) is 0 Å². The smallest absolute Gasteiger partial charge is 0.870 e. The zero-order valence-corrected chi connectivity index (χ0v) is 54.3. The van der Waals surface area contributed by atoms with E-state index in [0.717, 1.165) is 25.5 Å². The molecule has 4 N–H and O–H groups in total. The van der Waals surface area contributed by atoms with Crippen molar-refractivity contribution in [3.05, 3.63) is 12.7 Å². The van der Waals surface area contributed by atoms with Gasteiger partial charge in [-0.2, -0.15) is 13.2 Å². The molecule has 8 aliphatic rings. The van der Waals surface area contributed by atoms with E-state index >= 15 is 0 Å². The molecule has 8 aliphatic heterocycles. The molecule has 8 fully saturated rings. The molecule has 0 spiro atoms. The predicted molar refractivity (Wildman–Crippen MR) is 318 cm³/mol. The van der Waals surface area contributed by atoms with Gasteiger partial charge in [-0.1, -0.05) is 14.0 Å². The number of urea groups is 4. The van der Waals surface area contributed by atoms with Crippen molar-refractivity contribution in [2.24, 2.45) is 0 Å². The number of rotatable bonds is 10. The number of carbonyl (C=O) groups is 12. The zero-order valence-electron chi connectivity index (χ0n) is 54.3. The normalized spacial score (nSPS) is 20.4. The van der Waals surface area contributed by atoms with Crippen molar-refractivity contribution in [2.75, 3.05) is 125 Å². The molecule has 0 aromatic rings. The minimum absolute atomic E-state index is 0. The third-order valence-corrected chi connectivity index (χ3v) is 14.1. The van der Waals surface area contributed by atoms with Crippen LogP contribution in [0, 0.1) is 0 Å². The number of carboxylic acid groups (broad SMARTS) is 2. The molecular formula is C57H95F3LiN11O20. The van der Waals surface area contributed by atoms with Gasteiger partial charge in [0.25, 0.3) is 0 Å². The van der Waals surface area contributed by atoms with Crippen LogP contribution in [0.4, 0.5) is 46.7 Å². The fourth-order valence-electron chi connectivity index (χ4n) is 10.0. The Kier molecular flexibility index (Phi) is 34.8. The third-order valence-electron chi connectivity index (χ3n) is 14.1. The Morgan fingerprint density at radius 2 is 0.891 bits per heavy atom. The summed E-state index contributed by atoms with van der Waals surface area (Å²) >= 11 is 0. The number of piperidine rings is 1. The summed E-state index contributed by atoms with van der Waals surface area (Å²) in [5.74, 6) is -2.49. The quantitative estimate of drug-likeness (QED) is 0.0920. The van der Waals surface area contributed by atoms with Gasteiger partial charge >= 0.3 is 91.3 Å². The summed E-state index contributed by atoms with van der Waals surface area (Å²) < 4.78 is 56.0. The zero-order chi connectivity index (χ0) is 67.4. The van der Waals surface area contributed by atoms with Gasteiger partial charge in [0.2, 0.25) is 6.29 Å². The molecule has 31 nitrogen and oxygen atoms in total. The van der Waals surface area contributed by atoms with Gasteiger partial charge in [-0.25, -0.2) is 38.4 Å². The van der Waals surface area contributed by atoms with E-state index in [1.165, 1.54) is 25.5 Å². The maximum atomic E-state index is 12.3. The number of nitrogens with zero attached hydrogens (tertiary/aromatic N) is 10. The van der Waals surface area contributed by atoms with E-state index in [1.807, 2.05) is 67.2 Å². The molecule has 0 aliphatic carbocycles. The van der Waals surface area contributed by atoms with Gasteiger partial charge in [0.1, 0.15) is 16.8 Å². The molecule has 8 heterocycles. The van der Waals surface area contributed by atoms with E-state index in [9.17, 15) is 65.9 Å². The second-order valence-electron chi connectivity index (χ2n) is 24.5. The molecule has 0 aromatic carbocycles. The van der Waals surface area contributed by atoms with Crippen LogP contribution in [-0.2, 0) is 47.7 Å². The number of methoxy groups -OCH3 is 2. The second kappa shape index (κ2) is 37.9. The van der Waals surface area contributed by atoms with Crippen LogP contribution in [0.3, 0.4) is 0 Å². The standard InChI is InChI=1S/C15H25N3O5.C14H23N3O5.C11H19N3O3.C10H16N2O3.C4H6O2.C2HF3O.CH4.Li.H2O/c1-15(2,3)23-14(21)17-7-8-18-11(10-17)9-16(13(18)20)6-5-12(19)22-4;1-14(2,3)22-13(21)16-6-7-17-10(9-16)8-15(12(17)20)5-4-11(18)19;1-11(2,3)17-10(16)13-4-5-14-8(7-13)6-12-9(14)15;13-9(14)4-6-11-7-8-3-1-2-5-12(8)10(11)15;1-3-4(5)6-2;3-2(4,5)1-6;;;/h11H,5-10H2,1-4H3;10H,4-9H2,1-3H3,(H,18,19);8H,4-7H2,1-3H3,(H,12,15);8H,1-7H2,(H,13,14);3H,1H2,2H3;1H;1H4;;1H2/q;;;;;;;+1;/p-1/t11-;10-;2*8-;;;;;/m1110...../s1. The number of hydrogen-bond acceptors (Lipinski definition) is 18. The van der Waals surface area contributed by atoms with Crippen molar-refractivity contribution < 1.29 is 129 Å². The number of alkyl halides is 3. The number of aliphatic carboxylic acids is 2. The van der Waals surface area contributed by atoms with E-state index in [0.29, 0.717) is 104 Å². The van der Waals surface area contributed by atoms with Gasteiger partial charge in [-0.3, -0.25) is 19.2 Å². The first-order valence-corrected chi connectivity index (χ1v) is 29.2. The Morgan fingerprint density at radius 3 is 1.21 bits per heavy atom. The minimum atomic E-state index is -4.64. The summed E-state index contributed by atoms with van der Waals surface area (Å²) in [6.45, 7) is 28.0. The van der Waals surface area contributed by atoms with Crippen LogP contribution in [0.25, 0.3) is 0 Å². The van der Waals surface area contributed by atoms with E-state index in [-0.39, 0.29) is 124 Å². The molecule has 8 saturated heterocycles. The van der Waals surface area contributed by atoms with Crippen molar-refractivity contribution in [1.29, 1.82) is 0 Å². The van der Waals surface area contributed by atoms with E-state index < -0.39 is 47.2 Å². The maximum absolute atomic E-state index is 12.3. The Morgan fingerprint density at radius 1 is 0.543 bits per heavy atom. The number of fused-ring (bicyclic) bond motifs is 4. The minimum Gasteiger partial charge on any atom is -0.870 e. The molecule has 92 heavy (non-hydrogen) atoms. The molecule has 35 heteroatoms. The molecule has 4 atom stereocenters. The number of carbonyl (C=O) groups excluding carboxylic acids is 10. The number of carboxylic acids is 2. The largest absolute Gasteiger partial charge is 1.00 e. The number of hydrogen-bond donors (Lipinski definition) is 3. The first kappa shape index (κ1) is 84.5. The predicted octanol–water partition coefficient (Wildman–Crippen LogP) is 1.66.